The van der Waals surface area contributed by atoms with Crippen LogP contribution in [0.4, 0.5) is 0 Å². The standard InChI is InChI=1S/C16H25BN2O3/c1-15(2)16(3,4)22-17(21-15)12-5-6-14(19-11-12)20-13-7-9-18-10-8-13/h5-6,11,13,18H,7-10H2,1-4H3. The SMILES string of the molecule is CC1(C)OB(c2ccc(OC3CCNCC3)nc2)OC1(C)C. The fourth-order valence-corrected chi connectivity index (χ4v) is 2.66. The van der Waals surface area contributed by atoms with Gasteiger partial charge in [0.05, 0.1) is 11.2 Å². The second kappa shape index (κ2) is 5.83. The molecule has 3 heterocycles. The maximum atomic E-state index is 6.03. The average molecular weight is 304 g/mol. The van der Waals surface area contributed by atoms with Gasteiger partial charge in [0, 0.05) is 11.7 Å². The lowest BCUT2D eigenvalue weighted by molar-refractivity contribution is 0.00578. The number of ether oxygens (including phenoxy) is 1. The van der Waals surface area contributed by atoms with Crippen molar-refractivity contribution in [2.24, 2.45) is 0 Å². The summed E-state index contributed by atoms with van der Waals surface area (Å²) in [6.07, 6.45) is 4.11. The van der Waals surface area contributed by atoms with Crippen LogP contribution in [0.1, 0.15) is 40.5 Å². The van der Waals surface area contributed by atoms with Gasteiger partial charge in [-0.05, 0) is 59.7 Å². The van der Waals surface area contributed by atoms with Gasteiger partial charge in [0.15, 0.2) is 0 Å². The van der Waals surface area contributed by atoms with Gasteiger partial charge in [0.25, 0.3) is 0 Å². The number of aromatic nitrogens is 1. The van der Waals surface area contributed by atoms with Crippen LogP contribution in [0.2, 0.25) is 0 Å². The lowest BCUT2D eigenvalue weighted by atomic mass is 9.80. The average Bonchev–Trinajstić information content (AvgIpc) is 2.69. The molecule has 0 atom stereocenters. The highest BCUT2D eigenvalue weighted by atomic mass is 16.7. The maximum absolute atomic E-state index is 6.03. The number of piperidine rings is 1. The van der Waals surface area contributed by atoms with Crippen molar-refractivity contribution in [3.05, 3.63) is 18.3 Å². The van der Waals surface area contributed by atoms with Gasteiger partial charge in [-0.25, -0.2) is 4.98 Å². The van der Waals surface area contributed by atoms with E-state index >= 15 is 0 Å². The number of nitrogens with zero attached hydrogens (tertiary/aromatic N) is 1. The summed E-state index contributed by atoms with van der Waals surface area (Å²) in [5.41, 5.74) is 0.264. The second-order valence-electron chi connectivity index (χ2n) is 7.09. The third-order valence-corrected chi connectivity index (χ3v) is 4.86. The quantitative estimate of drug-likeness (QED) is 0.858. The van der Waals surface area contributed by atoms with Gasteiger partial charge in [-0.2, -0.15) is 0 Å². The predicted molar refractivity (Wildman–Crippen MR) is 86.5 cm³/mol. The van der Waals surface area contributed by atoms with E-state index in [1.807, 2.05) is 12.1 Å². The van der Waals surface area contributed by atoms with E-state index in [9.17, 15) is 0 Å². The maximum Gasteiger partial charge on any atom is 0.496 e. The molecule has 1 aromatic heterocycles. The Hall–Kier alpha value is -1.11. The molecule has 2 saturated heterocycles. The highest BCUT2D eigenvalue weighted by Gasteiger charge is 2.51. The molecule has 0 aromatic carbocycles. The molecule has 2 aliphatic rings. The third-order valence-electron chi connectivity index (χ3n) is 4.86. The van der Waals surface area contributed by atoms with Crippen LogP contribution in [0.15, 0.2) is 18.3 Å². The van der Waals surface area contributed by atoms with Gasteiger partial charge in [-0.3, -0.25) is 0 Å². The molecule has 5 nitrogen and oxygen atoms in total. The zero-order chi connectivity index (χ0) is 15.8. The van der Waals surface area contributed by atoms with Crippen molar-refractivity contribution >= 4 is 12.6 Å². The van der Waals surface area contributed by atoms with Crippen molar-refractivity contribution in [1.29, 1.82) is 0 Å². The molecule has 6 heteroatoms. The Balaban J connectivity index is 1.65. The highest BCUT2D eigenvalue weighted by molar-refractivity contribution is 6.62. The van der Waals surface area contributed by atoms with Crippen LogP contribution in [-0.2, 0) is 9.31 Å². The molecule has 2 aliphatic heterocycles. The summed E-state index contributed by atoms with van der Waals surface area (Å²) >= 11 is 0. The summed E-state index contributed by atoms with van der Waals surface area (Å²) in [4.78, 5) is 4.41. The molecule has 0 unspecified atom stereocenters. The van der Waals surface area contributed by atoms with Crippen molar-refractivity contribution in [3.8, 4) is 5.88 Å². The van der Waals surface area contributed by atoms with Crippen LogP contribution in [0.3, 0.4) is 0 Å². The number of rotatable bonds is 3. The summed E-state index contributed by atoms with van der Waals surface area (Å²) in [6, 6.07) is 3.88. The van der Waals surface area contributed by atoms with Crippen molar-refractivity contribution in [1.82, 2.24) is 10.3 Å². The van der Waals surface area contributed by atoms with Crippen molar-refractivity contribution < 1.29 is 14.0 Å². The van der Waals surface area contributed by atoms with Crippen molar-refractivity contribution in [2.75, 3.05) is 13.1 Å². The molecule has 1 aromatic rings. The summed E-state index contributed by atoms with van der Waals surface area (Å²) in [5, 5.41) is 3.33. The first-order valence-electron chi connectivity index (χ1n) is 8.06. The molecule has 0 bridgehead atoms. The normalized spacial score (nSPS) is 24.5. The second-order valence-corrected chi connectivity index (χ2v) is 7.09. The monoisotopic (exact) mass is 304 g/mol. The lowest BCUT2D eigenvalue weighted by Gasteiger charge is -2.32. The minimum atomic E-state index is -0.370. The van der Waals surface area contributed by atoms with E-state index in [-0.39, 0.29) is 24.4 Å². The molecule has 22 heavy (non-hydrogen) atoms. The minimum Gasteiger partial charge on any atom is -0.474 e. The summed E-state index contributed by atoms with van der Waals surface area (Å²) < 4.78 is 18.0. The Morgan fingerprint density at radius 1 is 1.14 bits per heavy atom. The summed E-state index contributed by atoms with van der Waals surface area (Å²) in [7, 11) is -0.370. The Morgan fingerprint density at radius 3 is 2.32 bits per heavy atom. The number of nitrogens with one attached hydrogen (secondary N) is 1. The van der Waals surface area contributed by atoms with E-state index in [2.05, 4.69) is 38.0 Å². The first-order chi connectivity index (χ1) is 10.4. The first-order valence-corrected chi connectivity index (χ1v) is 8.06. The fourth-order valence-electron chi connectivity index (χ4n) is 2.66. The van der Waals surface area contributed by atoms with E-state index in [4.69, 9.17) is 14.0 Å². The largest absolute Gasteiger partial charge is 0.496 e. The molecule has 0 aliphatic carbocycles. The molecule has 0 radical (unpaired) electrons. The summed E-state index contributed by atoms with van der Waals surface area (Å²) in [6.45, 7) is 10.2. The van der Waals surface area contributed by atoms with Crippen LogP contribution < -0.4 is 15.5 Å². The van der Waals surface area contributed by atoms with E-state index in [0.717, 1.165) is 31.4 Å². The molecular weight excluding hydrogens is 279 g/mol. The molecule has 1 N–H and O–H groups in total. The Morgan fingerprint density at radius 2 is 1.77 bits per heavy atom. The highest BCUT2D eigenvalue weighted by Crippen LogP contribution is 2.36. The minimum absolute atomic E-state index is 0.261. The van der Waals surface area contributed by atoms with Gasteiger partial charge >= 0.3 is 7.12 Å². The van der Waals surface area contributed by atoms with Crippen molar-refractivity contribution in [2.45, 2.75) is 57.8 Å². The molecule has 0 amide bonds. The van der Waals surface area contributed by atoms with Gasteiger partial charge in [-0.15, -0.1) is 0 Å². The van der Waals surface area contributed by atoms with Gasteiger partial charge in [-0.1, -0.05) is 6.07 Å². The topological polar surface area (TPSA) is 52.6 Å². The van der Waals surface area contributed by atoms with Crippen LogP contribution in [-0.4, -0.2) is 42.5 Å². The van der Waals surface area contributed by atoms with E-state index < -0.39 is 0 Å². The van der Waals surface area contributed by atoms with Crippen LogP contribution in [0, 0.1) is 0 Å². The van der Waals surface area contributed by atoms with E-state index in [1.165, 1.54) is 0 Å². The Labute approximate surface area is 132 Å². The zero-order valence-corrected chi connectivity index (χ0v) is 13.9. The zero-order valence-electron chi connectivity index (χ0n) is 13.9. The number of hydrogen-bond donors (Lipinski definition) is 1. The molecule has 120 valence electrons. The van der Waals surface area contributed by atoms with E-state index in [1.54, 1.807) is 6.20 Å². The van der Waals surface area contributed by atoms with Crippen molar-refractivity contribution in [3.63, 3.8) is 0 Å². The number of hydrogen-bond acceptors (Lipinski definition) is 5. The van der Waals surface area contributed by atoms with Gasteiger partial charge in [0.2, 0.25) is 5.88 Å². The Kier molecular flexibility index (Phi) is 4.18. The van der Waals surface area contributed by atoms with E-state index in [0.29, 0.717) is 5.88 Å². The molecule has 3 rings (SSSR count). The van der Waals surface area contributed by atoms with Crippen LogP contribution >= 0.6 is 0 Å². The first kappa shape index (κ1) is 15.8. The molecule has 0 spiro atoms. The summed E-state index contributed by atoms with van der Waals surface area (Å²) in [5.74, 6) is 0.673. The molecule has 0 saturated carbocycles. The third kappa shape index (κ3) is 3.14. The predicted octanol–water partition coefficient (Wildman–Crippen LogP) is 1.51. The van der Waals surface area contributed by atoms with Gasteiger partial charge in [0.1, 0.15) is 6.10 Å². The van der Waals surface area contributed by atoms with Crippen LogP contribution in [0.5, 0.6) is 5.88 Å². The van der Waals surface area contributed by atoms with Crippen LogP contribution in [0.25, 0.3) is 0 Å². The Bertz CT molecular complexity index is 497. The number of pyridine rings is 1. The fraction of sp³-hybridized carbons (Fsp3) is 0.688. The smallest absolute Gasteiger partial charge is 0.474 e. The van der Waals surface area contributed by atoms with Gasteiger partial charge < -0.3 is 19.4 Å². The lowest BCUT2D eigenvalue weighted by Crippen LogP contribution is -2.41. The molecule has 2 fully saturated rings. The molecular formula is C16H25BN2O3.